The molecular weight excluding hydrogens is 250 g/mol. The third kappa shape index (κ3) is 2.47. The first-order chi connectivity index (χ1) is 9.04. The van der Waals surface area contributed by atoms with Crippen LogP contribution >= 0.6 is 0 Å². The Morgan fingerprint density at radius 3 is 2.26 bits per heavy atom. The number of methoxy groups -OCH3 is 1. The van der Waals surface area contributed by atoms with Crippen LogP contribution < -0.4 is 4.74 Å². The monoisotopic (exact) mass is 262 g/mol. The number of carbonyl (C=O) groups is 1. The van der Waals surface area contributed by atoms with Gasteiger partial charge < -0.3 is 4.74 Å². The van der Waals surface area contributed by atoms with Crippen LogP contribution in [0.25, 0.3) is 0 Å². The van der Waals surface area contributed by atoms with Crippen LogP contribution in [0.2, 0.25) is 0 Å². The minimum Gasteiger partial charge on any atom is -0.496 e. The summed E-state index contributed by atoms with van der Waals surface area (Å²) in [5.74, 6) is -1.79. The number of benzene rings is 2. The lowest BCUT2D eigenvalue weighted by atomic mass is 10.0. The number of rotatable bonds is 3. The van der Waals surface area contributed by atoms with Crippen LogP contribution in [0.4, 0.5) is 8.78 Å². The predicted octanol–water partition coefficient (Wildman–Crippen LogP) is 3.51. The van der Waals surface area contributed by atoms with Gasteiger partial charge in [0.25, 0.3) is 0 Å². The molecule has 0 heterocycles. The normalized spacial score (nSPS) is 10.3. The number of halogens is 2. The van der Waals surface area contributed by atoms with Crippen LogP contribution in [0, 0.1) is 18.6 Å². The number of ketones is 1. The number of carbonyl (C=O) groups excluding carboxylic acids is 1. The van der Waals surface area contributed by atoms with Crippen molar-refractivity contribution in [3.05, 3.63) is 64.7 Å². The third-order valence-electron chi connectivity index (χ3n) is 2.85. The first-order valence-corrected chi connectivity index (χ1v) is 5.68. The van der Waals surface area contributed by atoms with E-state index in [4.69, 9.17) is 4.74 Å². The van der Waals surface area contributed by atoms with Gasteiger partial charge in [0.15, 0.2) is 5.78 Å². The summed E-state index contributed by atoms with van der Waals surface area (Å²) in [7, 11) is 1.51. The van der Waals surface area contributed by atoms with E-state index in [9.17, 15) is 13.6 Å². The van der Waals surface area contributed by atoms with E-state index in [1.807, 2.05) is 0 Å². The lowest BCUT2D eigenvalue weighted by molar-refractivity contribution is 0.103. The molecule has 0 saturated heterocycles. The lowest BCUT2D eigenvalue weighted by Gasteiger charge is -2.08. The molecule has 0 amide bonds. The van der Waals surface area contributed by atoms with Gasteiger partial charge in [-0.05, 0) is 42.8 Å². The molecule has 0 aliphatic rings. The summed E-state index contributed by atoms with van der Waals surface area (Å²) in [6, 6.07) is 7.98. The second-order valence-electron chi connectivity index (χ2n) is 4.11. The standard InChI is InChI=1S/C15H12F2O2/c1-9-8-10(6-7-13(9)19-2)15(18)14-11(16)4-3-5-12(14)17/h3-8H,1-2H3. The summed E-state index contributed by atoms with van der Waals surface area (Å²) < 4.78 is 32.2. The zero-order valence-corrected chi connectivity index (χ0v) is 10.5. The summed E-state index contributed by atoms with van der Waals surface area (Å²) in [6.45, 7) is 1.76. The minimum atomic E-state index is -0.863. The molecule has 0 aliphatic heterocycles. The topological polar surface area (TPSA) is 26.3 Å². The fourth-order valence-electron chi connectivity index (χ4n) is 1.88. The Hall–Kier alpha value is -2.23. The van der Waals surface area contributed by atoms with Crippen LogP contribution in [0.1, 0.15) is 21.5 Å². The van der Waals surface area contributed by atoms with E-state index in [0.717, 1.165) is 17.7 Å². The SMILES string of the molecule is COc1ccc(C(=O)c2c(F)cccc2F)cc1C. The molecule has 0 aliphatic carbocycles. The van der Waals surface area contributed by atoms with Gasteiger partial charge in [-0.25, -0.2) is 8.78 Å². The van der Waals surface area contributed by atoms with Gasteiger partial charge in [-0.15, -0.1) is 0 Å². The summed E-state index contributed by atoms with van der Waals surface area (Å²) in [5.41, 5.74) is 0.416. The largest absolute Gasteiger partial charge is 0.496 e. The summed E-state index contributed by atoms with van der Waals surface area (Å²) in [5, 5.41) is 0. The predicted molar refractivity (Wildman–Crippen MR) is 67.5 cm³/mol. The second-order valence-corrected chi connectivity index (χ2v) is 4.11. The van der Waals surface area contributed by atoms with E-state index in [1.54, 1.807) is 19.1 Å². The van der Waals surface area contributed by atoms with Crippen molar-refractivity contribution in [3.8, 4) is 5.75 Å². The summed E-state index contributed by atoms with van der Waals surface area (Å²) >= 11 is 0. The molecule has 2 aromatic carbocycles. The van der Waals surface area contributed by atoms with Crippen LogP contribution in [0.3, 0.4) is 0 Å². The molecule has 2 rings (SSSR count). The molecular formula is C15H12F2O2. The summed E-state index contributed by atoms with van der Waals surface area (Å²) in [4.78, 5) is 12.1. The first kappa shape index (κ1) is 13.2. The molecule has 2 aromatic rings. The van der Waals surface area contributed by atoms with E-state index >= 15 is 0 Å². The van der Waals surface area contributed by atoms with Gasteiger partial charge in [0.1, 0.15) is 17.4 Å². The Morgan fingerprint density at radius 2 is 1.74 bits per heavy atom. The average Bonchev–Trinajstić information content (AvgIpc) is 2.38. The van der Waals surface area contributed by atoms with Crippen molar-refractivity contribution in [2.75, 3.05) is 7.11 Å². The Labute approximate surface area is 109 Å². The Kier molecular flexibility index (Phi) is 3.60. The molecule has 0 aromatic heterocycles. The second kappa shape index (κ2) is 5.18. The molecule has 0 bridgehead atoms. The molecule has 0 atom stereocenters. The third-order valence-corrected chi connectivity index (χ3v) is 2.85. The van der Waals surface area contributed by atoms with Gasteiger partial charge in [-0.1, -0.05) is 6.07 Å². The smallest absolute Gasteiger partial charge is 0.198 e. The van der Waals surface area contributed by atoms with Crippen molar-refractivity contribution in [3.63, 3.8) is 0 Å². The fourth-order valence-corrected chi connectivity index (χ4v) is 1.88. The zero-order chi connectivity index (χ0) is 14.0. The quantitative estimate of drug-likeness (QED) is 0.791. The van der Waals surface area contributed by atoms with Gasteiger partial charge in [0.2, 0.25) is 0 Å². The van der Waals surface area contributed by atoms with E-state index in [-0.39, 0.29) is 5.56 Å². The van der Waals surface area contributed by atoms with E-state index in [1.165, 1.54) is 19.2 Å². The van der Waals surface area contributed by atoms with Crippen LogP contribution in [0.5, 0.6) is 5.75 Å². The van der Waals surface area contributed by atoms with Crippen molar-refractivity contribution in [2.24, 2.45) is 0 Å². The molecule has 0 saturated carbocycles. The van der Waals surface area contributed by atoms with Crippen LogP contribution in [-0.4, -0.2) is 12.9 Å². The average molecular weight is 262 g/mol. The maximum atomic E-state index is 13.5. The summed E-state index contributed by atoms with van der Waals surface area (Å²) in [6.07, 6.45) is 0. The highest BCUT2D eigenvalue weighted by Crippen LogP contribution is 2.22. The maximum Gasteiger partial charge on any atom is 0.198 e. The Balaban J connectivity index is 2.48. The Bertz CT molecular complexity index is 616. The van der Waals surface area contributed by atoms with Crippen molar-refractivity contribution < 1.29 is 18.3 Å². The van der Waals surface area contributed by atoms with E-state index in [0.29, 0.717) is 5.75 Å². The fraction of sp³-hybridized carbons (Fsp3) is 0.133. The number of aryl methyl sites for hydroxylation is 1. The van der Waals surface area contributed by atoms with Crippen molar-refractivity contribution in [2.45, 2.75) is 6.92 Å². The number of hydrogen-bond donors (Lipinski definition) is 0. The molecule has 0 radical (unpaired) electrons. The highest BCUT2D eigenvalue weighted by molar-refractivity contribution is 6.09. The van der Waals surface area contributed by atoms with Crippen molar-refractivity contribution in [1.29, 1.82) is 0 Å². The molecule has 19 heavy (non-hydrogen) atoms. The maximum absolute atomic E-state index is 13.5. The van der Waals surface area contributed by atoms with Gasteiger partial charge in [-0.3, -0.25) is 4.79 Å². The Morgan fingerprint density at radius 1 is 1.11 bits per heavy atom. The van der Waals surface area contributed by atoms with Gasteiger partial charge >= 0.3 is 0 Å². The van der Waals surface area contributed by atoms with Crippen LogP contribution in [-0.2, 0) is 0 Å². The van der Waals surface area contributed by atoms with Crippen LogP contribution in [0.15, 0.2) is 36.4 Å². The van der Waals surface area contributed by atoms with Gasteiger partial charge in [0, 0.05) is 5.56 Å². The number of hydrogen-bond acceptors (Lipinski definition) is 2. The zero-order valence-electron chi connectivity index (χ0n) is 10.5. The number of ether oxygens (including phenoxy) is 1. The highest BCUT2D eigenvalue weighted by Gasteiger charge is 2.19. The molecule has 98 valence electrons. The molecule has 2 nitrogen and oxygen atoms in total. The lowest BCUT2D eigenvalue weighted by Crippen LogP contribution is -2.07. The minimum absolute atomic E-state index is 0.224. The molecule has 4 heteroatoms. The highest BCUT2D eigenvalue weighted by atomic mass is 19.1. The van der Waals surface area contributed by atoms with Crippen molar-refractivity contribution >= 4 is 5.78 Å². The van der Waals surface area contributed by atoms with E-state index < -0.39 is 23.0 Å². The molecule has 0 spiro atoms. The molecule has 0 N–H and O–H groups in total. The molecule has 0 fully saturated rings. The molecule has 0 unspecified atom stereocenters. The van der Waals surface area contributed by atoms with Gasteiger partial charge in [0.05, 0.1) is 12.7 Å². The van der Waals surface area contributed by atoms with E-state index in [2.05, 4.69) is 0 Å². The first-order valence-electron chi connectivity index (χ1n) is 5.68. The van der Waals surface area contributed by atoms with Gasteiger partial charge in [-0.2, -0.15) is 0 Å². The van der Waals surface area contributed by atoms with Crippen molar-refractivity contribution in [1.82, 2.24) is 0 Å².